The smallest absolute Gasteiger partial charge is 0.321 e. The third kappa shape index (κ3) is 7.13. The first-order valence-corrected chi connectivity index (χ1v) is 12.5. The van der Waals surface area contributed by atoms with Crippen LogP contribution in [0.4, 0.5) is 21.0 Å². The van der Waals surface area contributed by atoms with Crippen LogP contribution in [0.1, 0.15) is 38.1 Å². The number of hydrogen-bond acceptors (Lipinski definition) is 5. The fraction of sp³-hybridized carbons (Fsp3) is 0.444. The first-order valence-electron chi connectivity index (χ1n) is 12.5. The van der Waals surface area contributed by atoms with Crippen molar-refractivity contribution in [3.05, 3.63) is 54.1 Å². The SMILES string of the molecule is CC(C)NC(=O)Nc1cccc2c1O[C@@H](CN(C)C(=O)Nc1ccccc1)[C@@H](C)CN([C@H](C)CO)C2=O. The molecule has 0 fully saturated rings. The lowest BCUT2D eigenvalue weighted by Gasteiger charge is -2.38. The number of hydrogen-bond donors (Lipinski definition) is 4. The van der Waals surface area contributed by atoms with Crippen molar-refractivity contribution in [2.75, 3.05) is 37.4 Å². The van der Waals surface area contributed by atoms with E-state index >= 15 is 0 Å². The minimum absolute atomic E-state index is 0.0847. The number of anilines is 2. The summed E-state index contributed by atoms with van der Waals surface area (Å²) in [6.07, 6.45) is -0.511. The molecule has 0 bridgehead atoms. The Morgan fingerprint density at radius 3 is 2.46 bits per heavy atom. The van der Waals surface area contributed by atoms with E-state index in [2.05, 4.69) is 16.0 Å². The van der Waals surface area contributed by atoms with Gasteiger partial charge in [-0.05, 0) is 45.0 Å². The molecule has 1 aliphatic heterocycles. The fourth-order valence-corrected chi connectivity index (χ4v) is 4.07. The molecule has 2 aromatic rings. The summed E-state index contributed by atoms with van der Waals surface area (Å²) in [6.45, 7) is 7.75. The van der Waals surface area contributed by atoms with E-state index in [1.54, 1.807) is 49.2 Å². The van der Waals surface area contributed by atoms with Gasteiger partial charge in [0, 0.05) is 31.2 Å². The van der Waals surface area contributed by atoms with Crippen molar-refractivity contribution >= 4 is 29.3 Å². The zero-order chi connectivity index (χ0) is 27.1. The topological polar surface area (TPSA) is 123 Å². The van der Waals surface area contributed by atoms with Gasteiger partial charge in [-0.15, -0.1) is 0 Å². The minimum atomic E-state index is -0.511. The van der Waals surface area contributed by atoms with Crippen LogP contribution in [-0.4, -0.2) is 77.8 Å². The van der Waals surface area contributed by atoms with Crippen LogP contribution in [0.15, 0.2) is 48.5 Å². The average Bonchev–Trinajstić information content (AvgIpc) is 2.86. The van der Waals surface area contributed by atoms with Crippen molar-refractivity contribution < 1.29 is 24.2 Å². The maximum atomic E-state index is 13.5. The second-order valence-electron chi connectivity index (χ2n) is 9.73. The Kier molecular flexibility index (Phi) is 9.35. The Balaban J connectivity index is 1.93. The number of benzene rings is 2. The third-order valence-corrected chi connectivity index (χ3v) is 6.18. The summed E-state index contributed by atoms with van der Waals surface area (Å²) in [5, 5.41) is 18.2. The molecule has 3 atom stereocenters. The molecule has 0 saturated heterocycles. The van der Waals surface area contributed by atoms with Crippen LogP contribution < -0.4 is 20.7 Å². The van der Waals surface area contributed by atoms with Gasteiger partial charge in [0.1, 0.15) is 6.10 Å². The predicted molar refractivity (Wildman–Crippen MR) is 143 cm³/mol. The number of para-hydroxylation sites is 2. The standard InChI is InChI=1S/C27H37N5O5/c1-17(2)28-26(35)30-22-13-9-12-21-24(22)37-23(18(3)14-32(25(21)34)19(4)16-33)15-31(5)27(36)29-20-10-7-6-8-11-20/h6-13,17-19,23,33H,14-16H2,1-5H3,(H,29,36)(H2,28,30,35)/t18-,19+,23-/m0/s1. The quantitative estimate of drug-likeness (QED) is 0.452. The number of likely N-dealkylation sites (N-methyl/N-ethyl adjacent to an activating group) is 1. The Labute approximate surface area is 218 Å². The molecule has 1 aliphatic rings. The zero-order valence-electron chi connectivity index (χ0n) is 22.0. The number of nitrogens with zero attached hydrogens (tertiary/aromatic N) is 2. The van der Waals surface area contributed by atoms with Crippen molar-refractivity contribution in [2.45, 2.75) is 45.9 Å². The van der Waals surface area contributed by atoms with Crippen molar-refractivity contribution in [3.8, 4) is 5.75 Å². The van der Waals surface area contributed by atoms with E-state index in [1.807, 2.05) is 39.0 Å². The van der Waals surface area contributed by atoms with E-state index < -0.39 is 18.2 Å². The summed E-state index contributed by atoms with van der Waals surface area (Å²) in [6, 6.07) is 12.9. The van der Waals surface area contributed by atoms with Gasteiger partial charge in [0.15, 0.2) is 5.75 Å². The second-order valence-corrected chi connectivity index (χ2v) is 9.73. The Morgan fingerprint density at radius 2 is 1.81 bits per heavy atom. The number of ether oxygens (including phenoxy) is 1. The van der Waals surface area contributed by atoms with Crippen LogP contribution in [0, 0.1) is 5.92 Å². The second kappa shape index (κ2) is 12.4. The van der Waals surface area contributed by atoms with Gasteiger partial charge < -0.3 is 35.6 Å². The van der Waals surface area contributed by atoms with Crippen LogP contribution in [0.5, 0.6) is 5.75 Å². The summed E-state index contributed by atoms with van der Waals surface area (Å²) in [7, 11) is 1.67. The van der Waals surface area contributed by atoms with Crippen LogP contribution in [-0.2, 0) is 0 Å². The van der Waals surface area contributed by atoms with Crippen LogP contribution in [0.25, 0.3) is 0 Å². The van der Waals surface area contributed by atoms with E-state index in [0.29, 0.717) is 17.9 Å². The molecule has 1 heterocycles. The molecule has 0 spiro atoms. The van der Waals surface area contributed by atoms with Crippen molar-refractivity contribution in [3.63, 3.8) is 0 Å². The van der Waals surface area contributed by atoms with E-state index in [1.165, 1.54) is 4.90 Å². The molecule has 0 aromatic heterocycles. The highest BCUT2D eigenvalue weighted by Crippen LogP contribution is 2.35. The molecule has 10 heteroatoms. The normalized spacial score (nSPS) is 18.1. The van der Waals surface area contributed by atoms with Crippen LogP contribution in [0.3, 0.4) is 0 Å². The summed E-state index contributed by atoms with van der Waals surface area (Å²) in [4.78, 5) is 42.0. The van der Waals surface area contributed by atoms with Gasteiger partial charge in [-0.2, -0.15) is 0 Å². The monoisotopic (exact) mass is 511 g/mol. The number of amides is 5. The zero-order valence-corrected chi connectivity index (χ0v) is 22.0. The third-order valence-electron chi connectivity index (χ3n) is 6.18. The Bertz CT molecular complexity index is 1090. The summed E-state index contributed by atoms with van der Waals surface area (Å²) >= 11 is 0. The fourth-order valence-electron chi connectivity index (χ4n) is 4.07. The van der Waals surface area contributed by atoms with E-state index in [4.69, 9.17) is 4.74 Å². The number of rotatable bonds is 7. The van der Waals surface area contributed by atoms with Crippen molar-refractivity contribution in [2.24, 2.45) is 5.92 Å². The average molecular weight is 512 g/mol. The predicted octanol–water partition coefficient (Wildman–Crippen LogP) is 3.60. The maximum absolute atomic E-state index is 13.5. The lowest BCUT2D eigenvalue weighted by atomic mass is 9.99. The van der Waals surface area contributed by atoms with E-state index in [0.717, 1.165) is 0 Å². The number of fused-ring (bicyclic) bond motifs is 1. The first-order chi connectivity index (χ1) is 17.6. The highest BCUT2D eigenvalue weighted by Gasteiger charge is 2.35. The molecule has 37 heavy (non-hydrogen) atoms. The molecular formula is C27H37N5O5. The van der Waals surface area contributed by atoms with Gasteiger partial charge in [-0.25, -0.2) is 9.59 Å². The van der Waals surface area contributed by atoms with Gasteiger partial charge in [0.05, 0.1) is 30.4 Å². The summed E-state index contributed by atoms with van der Waals surface area (Å²) in [5.74, 6) is -0.268. The van der Waals surface area contributed by atoms with Crippen LogP contribution in [0.2, 0.25) is 0 Å². The molecule has 3 rings (SSSR count). The van der Waals surface area contributed by atoms with E-state index in [9.17, 15) is 19.5 Å². The highest BCUT2D eigenvalue weighted by atomic mass is 16.5. The molecule has 200 valence electrons. The number of carbonyl (C=O) groups excluding carboxylic acids is 3. The largest absolute Gasteiger partial charge is 0.485 e. The highest BCUT2D eigenvalue weighted by molar-refractivity contribution is 6.01. The lowest BCUT2D eigenvalue weighted by Crippen LogP contribution is -2.50. The lowest BCUT2D eigenvalue weighted by molar-refractivity contribution is 0.0373. The first kappa shape index (κ1) is 27.8. The minimum Gasteiger partial charge on any atom is -0.485 e. The molecule has 0 aliphatic carbocycles. The van der Waals surface area contributed by atoms with Gasteiger partial charge in [-0.1, -0.05) is 31.2 Å². The molecule has 0 saturated carbocycles. The molecule has 5 amide bonds. The maximum Gasteiger partial charge on any atom is 0.321 e. The van der Waals surface area contributed by atoms with Crippen molar-refractivity contribution in [1.82, 2.24) is 15.1 Å². The molecule has 10 nitrogen and oxygen atoms in total. The van der Waals surface area contributed by atoms with Gasteiger partial charge >= 0.3 is 12.1 Å². The molecule has 0 radical (unpaired) electrons. The Hall–Kier alpha value is -3.79. The summed E-state index contributed by atoms with van der Waals surface area (Å²) < 4.78 is 6.42. The van der Waals surface area contributed by atoms with Gasteiger partial charge in [0.25, 0.3) is 5.91 Å². The molecular weight excluding hydrogens is 474 g/mol. The number of nitrogens with one attached hydrogen (secondary N) is 3. The summed E-state index contributed by atoms with van der Waals surface area (Å²) in [5.41, 5.74) is 1.29. The molecule has 4 N–H and O–H groups in total. The number of urea groups is 2. The number of aliphatic hydroxyl groups excluding tert-OH is 1. The van der Waals surface area contributed by atoms with Crippen molar-refractivity contribution in [1.29, 1.82) is 0 Å². The van der Waals surface area contributed by atoms with Gasteiger partial charge in [0.2, 0.25) is 0 Å². The van der Waals surface area contributed by atoms with E-state index in [-0.39, 0.29) is 48.4 Å². The molecule has 0 unspecified atom stereocenters. The van der Waals surface area contributed by atoms with Gasteiger partial charge in [-0.3, -0.25) is 4.79 Å². The number of carbonyl (C=O) groups is 3. The van der Waals surface area contributed by atoms with Crippen LogP contribution >= 0.6 is 0 Å². The molecule has 2 aromatic carbocycles. The number of aliphatic hydroxyl groups is 1. The Morgan fingerprint density at radius 1 is 1.11 bits per heavy atom.